The Hall–Kier alpha value is -1.04. The van der Waals surface area contributed by atoms with Crippen LogP contribution in [0.1, 0.15) is 10.4 Å². The Labute approximate surface area is 98.2 Å². The van der Waals surface area contributed by atoms with Crippen LogP contribution in [0.15, 0.2) is 22.7 Å². The summed E-state index contributed by atoms with van der Waals surface area (Å²) < 4.78 is 38.7. The van der Waals surface area contributed by atoms with Crippen LogP contribution in [0.5, 0.6) is 0 Å². The first kappa shape index (κ1) is 11.4. The van der Waals surface area contributed by atoms with Gasteiger partial charge in [0.2, 0.25) is 0 Å². The van der Waals surface area contributed by atoms with E-state index in [4.69, 9.17) is 0 Å². The molecule has 1 heterocycles. The molecule has 0 spiro atoms. The van der Waals surface area contributed by atoms with Crippen molar-refractivity contribution in [1.29, 1.82) is 0 Å². The second kappa shape index (κ2) is 3.76. The van der Waals surface area contributed by atoms with Gasteiger partial charge in [-0.15, -0.1) is 0 Å². The van der Waals surface area contributed by atoms with Crippen molar-refractivity contribution in [3.8, 4) is 0 Å². The average Bonchev–Trinajstić information content (AvgIpc) is 2.17. The topological polar surface area (TPSA) is 20.3 Å². The average molecular weight is 294 g/mol. The van der Waals surface area contributed by atoms with E-state index in [1.54, 1.807) is 0 Å². The van der Waals surface area contributed by atoms with E-state index in [-0.39, 0.29) is 10.0 Å². The highest BCUT2D eigenvalue weighted by Crippen LogP contribution is 2.29. The van der Waals surface area contributed by atoms with Gasteiger partial charge < -0.3 is 4.90 Å². The molecule has 0 saturated carbocycles. The SMILES string of the molecule is O=C(c1cccc(Br)c1F)N1CC(F)(F)C1. The van der Waals surface area contributed by atoms with Crippen LogP contribution in [0.4, 0.5) is 13.2 Å². The van der Waals surface area contributed by atoms with Gasteiger partial charge in [-0.05, 0) is 28.1 Å². The summed E-state index contributed by atoms with van der Waals surface area (Å²) in [5.74, 6) is -4.26. The first-order valence-electron chi connectivity index (χ1n) is 4.52. The fraction of sp³-hybridized carbons (Fsp3) is 0.300. The normalized spacial score (nSPS) is 18.1. The summed E-state index contributed by atoms with van der Waals surface area (Å²) in [4.78, 5) is 12.5. The van der Waals surface area contributed by atoms with Gasteiger partial charge in [-0.25, -0.2) is 13.2 Å². The molecule has 1 fully saturated rings. The zero-order valence-corrected chi connectivity index (χ0v) is 9.60. The van der Waals surface area contributed by atoms with E-state index in [0.29, 0.717) is 0 Å². The predicted molar refractivity (Wildman–Crippen MR) is 55.0 cm³/mol. The number of hydrogen-bond acceptors (Lipinski definition) is 1. The molecule has 1 amide bonds. The molecule has 1 saturated heterocycles. The Kier molecular flexibility index (Phi) is 2.69. The number of carbonyl (C=O) groups excluding carboxylic acids is 1. The number of benzene rings is 1. The molecule has 1 aromatic rings. The summed E-state index contributed by atoms with van der Waals surface area (Å²) in [6, 6.07) is 4.20. The van der Waals surface area contributed by atoms with Crippen LogP contribution in [-0.4, -0.2) is 29.8 Å². The molecule has 0 atom stereocenters. The van der Waals surface area contributed by atoms with Crippen molar-refractivity contribution in [1.82, 2.24) is 4.90 Å². The Balaban J connectivity index is 2.20. The maximum Gasteiger partial charge on any atom is 0.282 e. The van der Waals surface area contributed by atoms with Gasteiger partial charge in [-0.2, -0.15) is 0 Å². The Morgan fingerprint density at radius 1 is 1.38 bits per heavy atom. The van der Waals surface area contributed by atoms with Crippen molar-refractivity contribution < 1.29 is 18.0 Å². The number of nitrogens with zero attached hydrogens (tertiary/aromatic N) is 1. The van der Waals surface area contributed by atoms with Gasteiger partial charge in [0, 0.05) is 0 Å². The Morgan fingerprint density at radius 2 is 2.00 bits per heavy atom. The van der Waals surface area contributed by atoms with E-state index < -0.39 is 30.7 Å². The van der Waals surface area contributed by atoms with E-state index >= 15 is 0 Å². The molecule has 16 heavy (non-hydrogen) atoms. The van der Waals surface area contributed by atoms with E-state index in [2.05, 4.69) is 15.9 Å². The number of carbonyl (C=O) groups is 1. The smallest absolute Gasteiger partial charge is 0.282 e. The third kappa shape index (κ3) is 1.93. The van der Waals surface area contributed by atoms with Crippen molar-refractivity contribution >= 4 is 21.8 Å². The summed E-state index contributed by atoms with van der Waals surface area (Å²) in [6.07, 6.45) is 0. The van der Waals surface area contributed by atoms with Gasteiger partial charge in [0.1, 0.15) is 5.82 Å². The second-order valence-corrected chi connectivity index (χ2v) is 4.47. The van der Waals surface area contributed by atoms with Crippen molar-refractivity contribution in [3.05, 3.63) is 34.1 Å². The zero-order chi connectivity index (χ0) is 11.9. The maximum atomic E-state index is 13.5. The number of hydrogen-bond donors (Lipinski definition) is 0. The molecule has 2 nitrogen and oxygen atoms in total. The number of halogens is 4. The highest BCUT2D eigenvalue weighted by molar-refractivity contribution is 9.10. The van der Waals surface area contributed by atoms with Gasteiger partial charge in [-0.1, -0.05) is 6.07 Å². The van der Waals surface area contributed by atoms with Crippen LogP contribution < -0.4 is 0 Å². The van der Waals surface area contributed by atoms with Crippen molar-refractivity contribution in [2.75, 3.05) is 13.1 Å². The highest BCUT2D eigenvalue weighted by atomic mass is 79.9. The molecule has 0 N–H and O–H groups in total. The fourth-order valence-corrected chi connectivity index (χ4v) is 1.86. The van der Waals surface area contributed by atoms with Crippen LogP contribution >= 0.6 is 15.9 Å². The van der Waals surface area contributed by atoms with Gasteiger partial charge in [0.15, 0.2) is 0 Å². The lowest BCUT2D eigenvalue weighted by Crippen LogP contribution is -2.58. The number of likely N-dealkylation sites (tertiary alicyclic amines) is 1. The van der Waals surface area contributed by atoms with Crippen molar-refractivity contribution in [2.45, 2.75) is 5.92 Å². The van der Waals surface area contributed by atoms with Gasteiger partial charge in [0.25, 0.3) is 11.8 Å². The van der Waals surface area contributed by atoms with E-state index in [1.807, 2.05) is 0 Å². The molecule has 6 heteroatoms. The minimum absolute atomic E-state index is 0.144. The minimum atomic E-state index is -2.84. The Morgan fingerprint density at radius 3 is 2.56 bits per heavy atom. The summed E-state index contributed by atoms with van der Waals surface area (Å²) >= 11 is 2.93. The minimum Gasteiger partial charge on any atom is -0.326 e. The third-order valence-electron chi connectivity index (χ3n) is 2.31. The van der Waals surface area contributed by atoms with Crippen molar-refractivity contribution in [2.24, 2.45) is 0 Å². The molecule has 1 aliphatic rings. The number of amides is 1. The van der Waals surface area contributed by atoms with Gasteiger partial charge in [-0.3, -0.25) is 4.79 Å². The van der Waals surface area contributed by atoms with Gasteiger partial charge >= 0.3 is 0 Å². The lowest BCUT2D eigenvalue weighted by Gasteiger charge is -2.38. The molecule has 0 radical (unpaired) electrons. The zero-order valence-electron chi connectivity index (χ0n) is 8.01. The Bertz CT molecular complexity index is 442. The molecule has 1 aromatic carbocycles. The summed E-state index contributed by atoms with van der Waals surface area (Å²) in [5, 5.41) is 0. The standard InChI is InChI=1S/C10H7BrF3NO/c11-7-3-1-2-6(8(7)12)9(16)15-4-10(13,14)5-15/h1-3H,4-5H2. The number of rotatable bonds is 1. The quantitative estimate of drug-likeness (QED) is 0.780. The van der Waals surface area contributed by atoms with Crippen LogP contribution in [0.25, 0.3) is 0 Å². The predicted octanol–water partition coefficient (Wildman–Crippen LogP) is 2.68. The lowest BCUT2D eigenvalue weighted by atomic mass is 10.1. The summed E-state index contributed by atoms with van der Waals surface area (Å²) in [7, 11) is 0. The summed E-state index contributed by atoms with van der Waals surface area (Å²) in [6.45, 7) is -1.28. The van der Waals surface area contributed by atoms with Crippen LogP contribution in [-0.2, 0) is 0 Å². The molecule has 0 unspecified atom stereocenters. The monoisotopic (exact) mass is 293 g/mol. The molecule has 0 aromatic heterocycles. The lowest BCUT2D eigenvalue weighted by molar-refractivity contribution is -0.113. The number of alkyl halides is 2. The van der Waals surface area contributed by atoms with E-state index in [9.17, 15) is 18.0 Å². The molecular weight excluding hydrogens is 287 g/mol. The van der Waals surface area contributed by atoms with Gasteiger partial charge in [0.05, 0.1) is 23.1 Å². The molecule has 0 aliphatic carbocycles. The maximum absolute atomic E-state index is 13.5. The largest absolute Gasteiger partial charge is 0.326 e. The third-order valence-corrected chi connectivity index (χ3v) is 2.93. The summed E-state index contributed by atoms with van der Waals surface area (Å²) in [5.41, 5.74) is -0.190. The van der Waals surface area contributed by atoms with E-state index in [1.165, 1.54) is 18.2 Å². The fourth-order valence-electron chi connectivity index (χ4n) is 1.50. The van der Waals surface area contributed by atoms with E-state index in [0.717, 1.165) is 4.90 Å². The molecule has 2 rings (SSSR count). The molecule has 86 valence electrons. The van der Waals surface area contributed by atoms with Crippen LogP contribution in [0, 0.1) is 5.82 Å². The molecule has 0 bridgehead atoms. The van der Waals surface area contributed by atoms with Crippen molar-refractivity contribution in [3.63, 3.8) is 0 Å². The van der Waals surface area contributed by atoms with Crippen LogP contribution in [0.2, 0.25) is 0 Å². The first-order chi connectivity index (χ1) is 7.41. The molecule has 1 aliphatic heterocycles. The second-order valence-electron chi connectivity index (χ2n) is 3.62. The molecular formula is C10H7BrF3NO. The highest BCUT2D eigenvalue weighted by Gasteiger charge is 2.46. The first-order valence-corrected chi connectivity index (χ1v) is 5.31. The van der Waals surface area contributed by atoms with Crippen LogP contribution in [0.3, 0.4) is 0 Å².